The van der Waals surface area contributed by atoms with Crippen LogP contribution in [0.4, 0.5) is 0 Å². The van der Waals surface area contributed by atoms with Crippen molar-refractivity contribution in [3.63, 3.8) is 0 Å². The number of hydrogen-bond acceptors (Lipinski definition) is 2. The number of carbonyl (C=O) groups excluding carboxylic acids is 1. The Morgan fingerprint density at radius 1 is 1.46 bits per heavy atom. The van der Waals surface area contributed by atoms with Crippen LogP contribution in [-0.4, -0.2) is 18.0 Å². The summed E-state index contributed by atoms with van der Waals surface area (Å²) in [7, 11) is 0. The largest absolute Gasteiger partial charge is 0.349 e. The summed E-state index contributed by atoms with van der Waals surface area (Å²) < 4.78 is 0. The Labute approximate surface area is 80.1 Å². The number of hydrogen-bond donors (Lipinski definition) is 2. The van der Waals surface area contributed by atoms with Gasteiger partial charge in [-0.1, -0.05) is 26.7 Å². The predicted molar refractivity (Wildman–Crippen MR) is 53.2 cm³/mol. The molecule has 3 heteroatoms. The topological polar surface area (TPSA) is 55.1 Å². The van der Waals surface area contributed by atoms with Gasteiger partial charge in [0.1, 0.15) is 0 Å². The molecule has 1 aliphatic carbocycles. The normalized spacial score (nSPS) is 20.6. The lowest BCUT2D eigenvalue weighted by Gasteiger charge is -2.29. The van der Waals surface area contributed by atoms with Crippen LogP contribution in [0.15, 0.2) is 0 Å². The van der Waals surface area contributed by atoms with E-state index >= 15 is 0 Å². The molecule has 0 aromatic carbocycles. The molecule has 1 aliphatic rings. The molecule has 3 nitrogen and oxygen atoms in total. The van der Waals surface area contributed by atoms with Gasteiger partial charge >= 0.3 is 0 Å². The number of nitrogens with one attached hydrogen (secondary N) is 1. The Hall–Kier alpha value is -0.570. The molecular weight excluding hydrogens is 164 g/mol. The first-order valence-corrected chi connectivity index (χ1v) is 5.12. The predicted octanol–water partition coefficient (Wildman–Crippen LogP) is 1.03. The monoisotopic (exact) mass is 184 g/mol. The average Bonchev–Trinajstić information content (AvgIpc) is 2.54. The highest BCUT2D eigenvalue weighted by atomic mass is 16.2. The molecule has 0 heterocycles. The second-order valence-electron chi connectivity index (χ2n) is 4.34. The minimum Gasteiger partial charge on any atom is -0.349 e. The maximum Gasteiger partial charge on any atom is 0.223 e. The molecule has 76 valence electrons. The van der Waals surface area contributed by atoms with Crippen molar-refractivity contribution in [1.29, 1.82) is 0 Å². The summed E-state index contributed by atoms with van der Waals surface area (Å²) in [6, 6.07) is 0. The fourth-order valence-electron chi connectivity index (χ4n) is 1.84. The smallest absolute Gasteiger partial charge is 0.223 e. The summed E-state index contributed by atoms with van der Waals surface area (Å²) in [6.45, 7) is 4.40. The molecular formula is C10H20N2O. The maximum absolute atomic E-state index is 11.5. The van der Waals surface area contributed by atoms with Crippen LogP contribution in [-0.2, 0) is 4.79 Å². The molecule has 0 saturated heterocycles. The van der Waals surface area contributed by atoms with E-state index in [1.54, 1.807) is 0 Å². The number of nitrogens with two attached hydrogens (primary N) is 1. The molecule has 1 fully saturated rings. The van der Waals surface area contributed by atoms with Crippen molar-refractivity contribution in [2.75, 3.05) is 6.54 Å². The maximum atomic E-state index is 11.5. The summed E-state index contributed by atoms with van der Waals surface area (Å²) in [5.74, 6) is 0.191. The quantitative estimate of drug-likeness (QED) is 0.688. The van der Waals surface area contributed by atoms with E-state index in [0.717, 1.165) is 12.8 Å². The molecule has 0 unspecified atom stereocenters. The third kappa shape index (κ3) is 2.44. The minimum absolute atomic E-state index is 0.0593. The first-order valence-electron chi connectivity index (χ1n) is 5.12. The molecule has 13 heavy (non-hydrogen) atoms. The van der Waals surface area contributed by atoms with E-state index in [9.17, 15) is 4.79 Å². The van der Waals surface area contributed by atoms with Gasteiger partial charge in [0.25, 0.3) is 0 Å². The first kappa shape index (κ1) is 10.5. The Bertz CT molecular complexity index is 183. The molecule has 1 amide bonds. The van der Waals surface area contributed by atoms with E-state index < -0.39 is 0 Å². The Balaban J connectivity index is 2.53. The number of amides is 1. The molecule has 0 atom stereocenters. The van der Waals surface area contributed by atoms with Crippen molar-refractivity contribution in [1.82, 2.24) is 5.32 Å². The second kappa shape index (κ2) is 4.09. The Kier molecular flexibility index (Phi) is 3.31. The number of carbonyl (C=O) groups is 1. The standard InChI is InChI=1S/C10H20N2O/c1-8(2)9(13)12-10(7-11)5-3-4-6-10/h8H,3-7,11H2,1-2H3,(H,12,13). The van der Waals surface area contributed by atoms with Crippen LogP contribution >= 0.6 is 0 Å². The van der Waals surface area contributed by atoms with Gasteiger partial charge in [-0.25, -0.2) is 0 Å². The van der Waals surface area contributed by atoms with Crippen LogP contribution in [0.25, 0.3) is 0 Å². The molecule has 1 rings (SSSR count). The van der Waals surface area contributed by atoms with Crippen LogP contribution in [0.1, 0.15) is 39.5 Å². The van der Waals surface area contributed by atoms with Crippen LogP contribution in [0, 0.1) is 5.92 Å². The molecule has 0 aromatic rings. The molecule has 0 radical (unpaired) electrons. The molecule has 0 bridgehead atoms. The third-order valence-corrected chi connectivity index (χ3v) is 2.86. The van der Waals surface area contributed by atoms with Crippen LogP contribution in [0.3, 0.4) is 0 Å². The lowest BCUT2D eigenvalue weighted by molar-refractivity contribution is -0.125. The van der Waals surface area contributed by atoms with Crippen molar-refractivity contribution in [2.45, 2.75) is 45.1 Å². The van der Waals surface area contributed by atoms with E-state index in [2.05, 4.69) is 5.32 Å². The van der Waals surface area contributed by atoms with E-state index in [0.29, 0.717) is 6.54 Å². The van der Waals surface area contributed by atoms with E-state index in [4.69, 9.17) is 5.73 Å². The zero-order chi connectivity index (χ0) is 9.90. The minimum atomic E-state index is -0.0820. The fourth-order valence-corrected chi connectivity index (χ4v) is 1.84. The van der Waals surface area contributed by atoms with E-state index in [1.165, 1.54) is 12.8 Å². The molecule has 3 N–H and O–H groups in total. The molecule has 0 aliphatic heterocycles. The van der Waals surface area contributed by atoms with Crippen molar-refractivity contribution >= 4 is 5.91 Å². The summed E-state index contributed by atoms with van der Waals surface area (Å²) >= 11 is 0. The molecule has 1 saturated carbocycles. The van der Waals surface area contributed by atoms with Gasteiger partial charge in [0.05, 0.1) is 5.54 Å². The van der Waals surface area contributed by atoms with E-state index in [1.807, 2.05) is 13.8 Å². The van der Waals surface area contributed by atoms with Gasteiger partial charge < -0.3 is 11.1 Å². The first-order chi connectivity index (χ1) is 6.09. The van der Waals surface area contributed by atoms with Gasteiger partial charge in [-0.15, -0.1) is 0 Å². The summed E-state index contributed by atoms with van der Waals surface area (Å²) in [5, 5.41) is 3.08. The van der Waals surface area contributed by atoms with Crippen LogP contribution in [0.5, 0.6) is 0 Å². The van der Waals surface area contributed by atoms with Gasteiger partial charge in [-0.3, -0.25) is 4.79 Å². The number of rotatable bonds is 3. The van der Waals surface area contributed by atoms with Crippen molar-refractivity contribution in [2.24, 2.45) is 11.7 Å². The van der Waals surface area contributed by atoms with Gasteiger partial charge in [0.2, 0.25) is 5.91 Å². The fraction of sp³-hybridized carbons (Fsp3) is 0.900. The van der Waals surface area contributed by atoms with Gasteiger partial charge in [-0.2, -0.15) is 0 Å². The Morgan fingerprint density at radius 2 is 2.00 bits per heavy atom. The zero-order valence-electron chi connectivity index (χ0n) is 8.60. The second-order valence-corrected chi connectivity index (χ2v) is 4.34. The molecule has 0 spiro atoms. The van der Waals surface area contributed by atoms with Crippen molar-refractivity contribution in [3.8, 4) is 0 Å². The SMILES string of the molecule is CC(C)C(=O)NC1(CN)CCCC1. The molecule has 0 aromatic heterocycles. The third-order valence-electron chi connectivity index (χ3n) is 2.86. The van der Waals surface area contributed by atoms with Crippen molar-refractivity contribution in [3.05, 3.63) is 0 Å². The van der Waals surface area contributed by atoms with Crippen molar-refractivity contribution < 1.29 is 4.79 Å². The zero-order valence-corrected chi connectivity index (χ0v) is 8.60. The van der Waals surface area contributed by atoms with Gasteiger partial charge in [0.15, 0.2) is 0 Å². The highest BCUT2D eigenvalue weighted by Crippen LogP contribution is 2.28. The Morgan fingerprint density at radius 3 is 2.38 bits per heavy atom. The summed E-state index contributed by atoms with van der Waals surface area (Å²) in [6.07, 6.45) is 4.47. The highest BCUT2D eigenvalue weighted by molar-refractivity contribution is 5.78. The summed E-state index contributed by atoms with van der Waals surface area (Å²) in [5.41, 5.74) is 5.62. The van der Waals surface area contributed by atoms with Crippen LogP contribution in [0.2, 0.25) is 0 Å². The average molecular weight is 184 g/mol. The summed E-state index contributed by atoms with van der Waals surface area (Å²) in [4.78, 5) is 11.5. The van der Waals surface area contributed by atoms with Crippen LogP contribution < -0.4 is 11.1 Å². The highest BCUT2D eigenvalue weighted by Gasteiger charge is 2.34. The lowest BCUT2D eigenvalue weighted by Crippen LogP contribution is -2.52. The van der Waals surface area contributed by atoms with E-state index in [-0.39, 0.29) is 17.4 Å². The van der Waals surface area contributed by atoms with Gasteiger partial charge in [0, 0.05) is 12.5 Å². The lowest BCUT2D eigenvalue weighted by atomic mass is 9.97. The van der Waals surface area contributed by atoms with Gasteiger partial charge in [-0.05, 0) is 12.8 Å².